The van der Waals surface area contributed by atoms with Gasteiger partial charge in [-0.05, 0) is 12.1 Å². The number of nitrogens with one attached hydrogen (secondary N) is 1. The Morgan fingerprint density at radius 2 is 1.81 bits per heavy atom. The maximum absolute atomic E-state index is 12.4. The van der Waals surface area contributed by atoms with Gasteiger partial charge in [0.05, 0.1) is 17.2 Å². The first-order chi connectivity index (χ1) is 12.8. The van der Waals surface area contributed by atoms with Gasteiger partial charge in [-0.25, -0.2) is 0 Å². The van der Waals surface area contributed by atoms with Gasteiger partial charge in [0, 0.05) is 29.1 Å². The van der Waals surface area contributed by atoms with Crippen molar-refractivity contribution in [3.05, 3.63) is 59.7 Å². The number of ether oxygens (including phenoxy) is 2. The van der Waals surface area contributed by atoms with E-state index in [1.807, 2.05) is 66.0 Å². The lowest BCUT2D eigenvalue weighted by atomic mass is 10.0. The minimum absolute atomic E-state index is 0.0211. The van der Waals surface area contributed by atoms with Crippen LogP contribution in [-0.4, -0.2) is 30.6 Å². The molecule has 0 spiro atoms. The summed E-state index contributed by atoms with van der Waals surface area (Å²) in [5, 5.41) is 3.08. The van der Waals surface area contributed by atoms with Crippen LogP contribution in [0.2, 0.25) is 0 Å². The van der Waals surface area contributed by atoms with Crippen molar-refractivity contribution in [2.75, 3.05) is 24.7 Å². The summed E-state index contributed by atoms with van der Waals surface area (Å²) in [4.78, 5) is 12.4. The van der Waals surface area contributed by atoms with E-state index in [1.165, 1.54) is 5.56 Å². The van der Waals surface area contributed by atoms with E-state index in [2.05, 4.69) is 11.4 Å². The third-order valence-electron chi connectivity index (χ3n) is 4.45. The monoisotopic (exact) mass is 387 g/mol. The van der Waals surface area contributed by atoms with Crippen molar-refractivity contribution in [2.45, 2.75) is 17.0 Å². The van der Waals surface area contributed by atoms with E-state index in [0.29, 0.717) is 11.2 Å². The van der Waals surface area contributed by atoms with Crippen LogP contribution in [0.15, 0.2) is 48.5 Å². The molecule has 0 unspecified atom stereocenters. The second-order valence-electron chi connectivity index (χ2n) is 6.20. The molecule has 0 bridgehead atoms. The second kappa shape index (κ2) is 8.27. The van der Waals surface area contributed by atoms with E-state index in [-0.39, 0.29) is 18.6 Å². The summed E-state index contributed by atoms with van der Waals surface area (Å²) >= 11 is 3.87. The molecule has 4 nitrogen and oxygen atoms in total. The van der Waals surface area contributed by atoms with Crippen LogP contribution in [0.25, 0.3) is 0 Å². The lowest BCUT2D eigenvalue weighted by Gasteiger charge is -2.26. The van der Waals surface area contributed by atoms with Gasteiger partial charge in [0.25, 0.3) is 5.91 Å². The zero-order valence-electron chi connectivity index (χ0n) is 14.4. The highest BCUT2D eigenvalue weighted by atomic mass is 32.2. The van der Waals surface area contributed by atoms with Gasteiger partial charge in [-0.1, -0.05) is 36.4 Å². The van der Waals surface area contributed by atoms with E-state index in [9.17, 15) is 4.79 Å². The lowest BCUT2D eigenvalue weighted by molar-refractivity contribution is -0.124. The minimum Gasteiger partial charge on any atom is -0.493 e. The van der Waals surface area contributed by atoms with Gasteiger partial charge in [-0.15, -0.1) is 23.5 Å². The molecule has 6 heteroatoms. The van der Waals surface area contributed by atoms with Gasteiger partial charge in [0.2, 0.25) is 0 Å². The van der Waals surface area contributed by atoms with Gasteiger partial charge >= 0.3 is 0 Å². The Bertz CT molecular complexity index is 777. The molecular formula is C20H21NO3S2. The van der Waals surface area contributed by atoms with E-state index in [4.69, 9.17) is 9.47 Å². The quantitative estimate of drug-likeness (QED) is 0.834. The van der Waals surface area contributed by atoms with Crippen molar-refractivity contribution in [1.82, 2.24) is 5.32 Å². The summed E-state index contributed by atoms with van der Waals surface area (Å²) in [5.41, 5.74) is 2.20. The number of benzene rings is 2. The Kier molecular flexibility index (Phi) is 5.60. The first-order valence-corrected chi connectivity index (χ1v) is 10.9. The summed E-state index contributed by atoms with van der Waals surface area (Å²) in [6, 6.07) is 15.9. The molecule has 1 saturated heterocycles. The molecule has 1 amide bonds. The van der Waals surface area contributed by atoms with Crippen LogP contribution in [0.5, 0.6) is 11.5 Å². The molecule has 136 valence electrons. The van der Waals surface area contributed by atoms with Crippen molar-refractivity contribution >= 4 is 29.4 Å². The summed E-state index contributed by atoms with van der Waals surface area (Å²) in [5.74, 6) is 3.88. The number of hydrogen-bond donors (Lipinski definition) is 1. The number of thioether (sulfide) groups is 2. The van der Waals surface area contributed by atoms with Crippen molar-refractivity contribution in [3.63, 3.8) is 0 Å². The first kappa shape index (κ1) is 17.6. The van der Waals surface area contributed by atoms with Gasteiger partial charge in [0.15, 0.2) is 6.61 Å². The highest BCUT2D eigenvalue weighted by Gasteiger charge is 2.24. The molecule has 1 atom stereocenters. The van der Waals surface area contributed by atoms with Crippen LogP contribution >= 0.6 is 23.5 Å². The van der Waals surface area contributed by atoms with E-state index in [0.717, 1.165) is 35.0 Å². The molecule has 2 heterocycles. The minimum atomic E-state index is -0.103. The Labute approximate surface area is 162 Å². The number of hydrogen-bond acceptors (Lipinski definition) is 5. The molecular weight excluding hydrogens is 366 g/mol. The van der Waals surface area contributed by atoms with Crippen LogP contribution in [0.4, 0.5) is 0 Å². The smallest absolute Gasteiger partial charge is 0.258 e. The van der Waals surface area contributed by atoms with E-state index in [1.54, 1.807) is 0 Å². The van der Waals surface area contributed by atoms with Crippen LogP contribution in [0.3, 0.4) is 0 Å². The van der Waals surface area contributed by atoms with E-state index < -0.39 is 0 Å². The second-order valence-corrected chi connectivity index (χ2v) is 8.92. The van der Waals surface area contributed by atoms with Crippen molar-refractivity contribution in [1.29, 1.82) is 0 Å². The maximum Gasteiger partial charge on any atom is 0.258 e. The number of fused-ring (bicyclic) bond motifs is 1. The zero-order chi connectivity index (χ0) is 17.8. The average molecular weight is 388 g/mol. The predicted molar refractivity (Wildman–Crippen MR) is 107 cm³/mol. The predicted octanol–water partition coefficient (Wildman–Crippen LogP) is 4.18. The summed E-state index contributed by atoms with van der Waals surface area (Å²) in [6.07, 6.45) is 0.773. The lowest BCUT2D eigenvalue weighted by Crippen LogP contribution is -2.35. The van der Waals surface area contributed by atoms with Crippen LogP contribution in [0, 0.1) is 0 Å². The topological polar surface area (TPSA) is 47.6 Å². The molecule has 0 radical (unpaired) electrons. The summed E-state index contributed by atoms with van der Waals surface area (Å²) < 4.78 is 11.9. The number of carbonyl (C=O) groups is 1. The molecule has 0 aliphatic carbocycles. The van der Waals surface area contributed by atoms with Gasteiger partial charge in [0.1, 0.15) is 11.5 Å². The third-order valence-corrected chi connectivity index (χ3v) is 7.52. The normalized spacial score (nSPS) is 19.5. The molecule has 2 aromatic rings. The molecule has 2 aliphatic rings. The van der Waals surface area contributed by atoms with Crippen LogP contribution < -0.4 is 14.8 Å². The number of carbonyl (C=O) groups excluding carboxylic acids is 1. The van der Waals surface area contributed by atoms with Gasteiger partial charge in [-0.3, -0.25) is 4.79 Å². The van der Waals surface area contributed by atoms with Crippen LogP contribution in [0.1, 0.15) is 28.2 Å². The molecule has 26 heavy (non-hydrogen) atoms. The standard InChI is InChI=1S/C20H21NO3S2/c22-19(21-16-9-10-23-17-7-3-1-5-14(16)17)13-24-18-8-4-2-6-15(18)20-25-11-12-26-20/h1-8,16,20H,9-13H2,(H,21,22)/t16-/m1/s1. The Hall–Kier alpha value is -1.79. The number of rotatable bonds is 5. The Morgan fingerprint density at radius 3 is 2.65 bits per heavy atom. The fourth-order valence-electron chi connectivity index (χ4n) is 3.22. The maximum atomic E-state index is 12.4. The average Bonchev–Trinajstić information content (AvgIpc) is 3.21. The largest absolute Gasteiger partial charge is 0.493 e. The summed E-state index contributed by atoms with van der Waals surface area (Å²) in [6.45, 7) is 0.639. The molecule has 1 N–H and O–H groups in total. The van der Waals surface area contributed by atoms with Gasteiger partial charge in [-0.2, -0.15) is 0 Å². The molecule has 2 aromatic carbocycles. The van der Waals surface area contributed by atoms with Crippen LogP contribution in [-0.2, 0) is 4.79 Å². The highest BCUT2D eigenvalue weighted by molar-refractivity contribution is 8.19. The summed E-state index contributed by atoms with van der Waals surface area (Å²) in [7, 11) is 0. The Morgan fingerprint density at radius 1 is 1.08 bits per heavy atom. The first-order valence-electron chi connectivity index (χ1n) is 8.77. The molecule has 1 fully saturated rings. The number of para-hydroxylation sites is 2. The van der Waals surface area contributed by atoms with Gasteiger partial charge < -0.3 is 14.8 Å². The number of amides is 1. The SMILES string of the molecule is O=C(COc1ccccc1C1SCCS1)N[C@@H]1CCOc2ccccc21. The molecule has 0 saturated carbocycles. The van der Waals surface area contributed by atoms with Crippen molar-refractivity contribution < 1.29 is 14.3 Å². The fourth-order valence-corrected chi connectivity index (χ4v) is 6.12. The van der Waals surface area contributed by atoms with Crippen molar-refractivity contribution in [2.24, 2.45) is 0 Å². The van der Waals surface area contributed by atoms with Crippen molar-refractivity contribution in [3.8, 4) is 11.5 Å². The highest BCUT2D eigenvalue weighted by Crippen LogP contribution is 2.48. The molecule has 2 aliphatic heterocycles. The zero-order valence-corrected chi connectivity index (χ0v) is 16.0. The Balaban J connectivity index is 1.38. The van der Waals surface area contributed by atoms with E-state index >= 15 is 0 Å². The molecule has 4 rings (SSSR count). The molecule has 0 aromatic heterocycles. The fraction of sp³-hybridized carbons (Fsp3) is 0.350. The third kappa shape index (κ3) is 3.96.